The first-order valence-electron chi connectivity index (χ1n) is 6.98. The molecular weight excluding hydrogens is 387 g/mol. The summed E-state index contributed by atoms with van der Waals surface area (Å²) in [5.74, 6) is -0.0840. The van der Waals surface area contributed by atoms with Gasteiger partial charge in [-0.3, -0.25) is 4.79 Å². The lowest BCUT2D eigenvalue weighted by Gasteiger charge is -2.11. The Morgan fingerprint density at radius 3 is 2.27 bits per heavy atom. The topological polar surface area (TPSA) is 32.7 Å². The maximum atomic E-state index is 12.6. The standard InChI is InChI=1S/C18H15IN2O/c1-12-3-5-14(6-4-12)11-17-13(2)20-21(18(17)22)16-9-7-15(19)8-10-16/h3-11H,1-2H3. The van der Waals surface area contributed by atoms with Crippen LogP contribution in [0, 0.1) is 10.5 Å². The van der Waals surface area contributed by atoms with E-state index in [0.29, 0.717) is 5.57 Å². The fraction of sp³-hybridized carbons (Fsp3) is 0.111. The number of hydrogen-bond acceptors (Lipinski definition) is 2. The second-order valence-electron chi connectivity index (χ2n) is 5.25. The molecule has 110 valence electrons. The van der Waals surface area contributed by atoms with Gasteiger partial charge in [0.1, 0.15) is 0 Å². The first-order chi connectivity index (χ1) is 10.5. The molecule has 2 aromatic carbocycles. The molecule has 3 nitrogen and oxygen atoms in total. The van der Waals surface area contributed by atoms with E-state index < -0.39 is 0 Å². The molecule has 0 spiro atoms. The van der Waals surface area contributed by atoms with E-state index in [1.807, 2.05) is 68.5 Å². The number of hydrazone groups is 1. The van der Waals surface area contributed by atoms with Crippen LogP contribution in [-0.4, -0.2) is 11.6 Å². The third-order valence-electron chi connectivity index (χ3n) is 3.52. The Labute approximate surface area is 143 Å². The number of carbonyl (C=O) groups is 1. The predicted molar refractivity (Wildman–Crippen MR) is 98.9 cm³/mol. The lowest BCUT2D eigenvalue weighted by molar-refractivity contribution is -0.114. The van der Waals surface area contributed by atoms with E-state index in [9.17, 15) is 4.79 Å². The van der Waals surface area contributed by atoms with Crippen molar-refractivity contribution >= 4 is 46.0 Å². The van der Waals surface area contributed by atoms with E-state index in [-0.39, 0.29) is 5.91 Å². The highest BCUT2D eigenvalue weighted by atomic mass is 127. The van der Waals surface area contributed by atoms with Gasteiger partial charge in [-0.15, -0.1) is 0 Å². The van der Waals surface area contributed by atoms with Gasteiger partial charge in [-0.05, 0) is 72.3 Å². The number of hydrogen-bond donors (Lipinski definition) is 0. The Morgan fingerprint density at radius 1 is 1.00 bits per heavy atom. The number of nitrogens with zero attached hydrogens (tertiary/aromatic N) is 2. The molecule has 0 atom stereocenters. The minimum atomic E-state index is -0.0840. The molecule has 0 bridgehead atoms. The fourth-order valence-electron chi connectivity index (χ4n) is 2.27. The van der Waals surface area contributed by atoms with Crippen molar-refractivity contribution < 1.29 is 4.79 Å². The fourth-order valence-corrected chi connectivity index (χ4v) is 2.63. The second kappa shape index (κ2) is 6.04. The minimum absolute atomic E-state index is 0.0840. The van der Waals surface area contributed by atoms with Crippen molar-refractivity contribution in [1.29, 1.82) is 0 Å². The first kappa shape index (κ1) is 15.0. The Kier molecular flexibility index (Phi) is 4.11. The van der Waals surface area contributed by atoms with Crippen molar-refractivity contribution in [2.24, 2.45) is 5.10 Å². The van der Waals surface area contributed by atoms with Gasteiger partial charge in [-0.2, -0.15) is 10.1 Å². The first-order valence-corrected chi connectivity index (χ1v) is 8.06. The summed E-state index contributed by atoms with van der Waals surface area (Å²) < 4.78 is 1.13. The average Bonchev–Trinajstić information content (AvgIpc) is 2.78. The van der Waals surface area contributed by atoms with Crippen molar-refractivity contribution in [3.05, 3.63) is 68.8 Å². The van der Waals surface area contributed by atoms with Crippen LogP contribution < -0.4 is 5.01 Å². The Hall–Kier alpha value is -1.95. The van der Waals surface area contributed by atoms with Gasteiger partial charge in [-0.1, -0.05) is 29.8 Å². The summed E-state index contributed by atoms with van der Waals surface area (Å²) in [5, 5.41) is 5.86. The molecule has 0 unspecified atom stereocenters. The molecule has 3 rings (SSSR count). The van der Waals surface area contributed by atoms with Crippen LogP contribution >= 0.6 is 22.6 Å². The minimum Gasteiger partial charge on any atom is -0.267 e. The predicted octanol–water partition coefficient (Wildman–Crippen LogP) is 4.41. The number of rotatable bonds is 2. The smallest absolute Gasteiger partial charge is 0.267 e. The molecule has 0 fully saturated rings. The highest BCUT2D eigenvalue weighted by Crippen LogP contribution is 2.25. The lowest BCUT2D eigenvalue weighted by atomic mass is 10.1. The van der Waals surface area contributed by atoms with Gasteiger partial charge in [0.05, 0.1) is 17.0 Å². The zero-order valence-electron chi connectivity index (χ0n) is 12.4. The van der Waals surface area contributed by atoms with Gasteiger partial charge < -0.3 is 0 Å². The SMILES string of the molecule is CC1=NN(c2ccc(I)cc2)C(=O)C1=Cc1ccc(C)cc1. The number of carbonyl (C=O) groups excluding carboxylic acids is 1. The van der Waals surface area contributed by atoms with Crippen LogP contribution in [0.25, 0.3) is 6.08 Å². The van der Waals surface area contributed by atoms with Crippen molar-refractivity contribution in [3.63, 3.8) is 0 Å². The quantitative estimate of drug-likeness (QED) is 0.541. The molecule has 0 N–H and O–H groups in total. The van der Waals surface area contributed by atoms with Crippen molar-refractivity contribution in [2.45, 2.75) is 13.8 Å². The number of halogens is 1. The zero-order valence-corrected chi connectivity index (χ0v) is 14.5. The van der Waals surface area contributed by atoms with Crippen molar-refractivity contribution in [2.75, 3.05) is 5.01 Å². The highest BCUT2D eigenvalue weighted by molar-refractivity contribution is 14.1. The van der Waals surface area contributed by atoms with Gasteiger partial charge in [0.25, 0.3) is 5.91 Å². The van der Waals surface area contributed by atoms with E-state index in [4.69, 9.17) is 0 Å². The molecule has 1 aliphatic rings. The van der Waals surface area contributed by atoms with Crippen LogP contribution in [0.5, 0.6) is 0 Å². The van der Waals surface area contributed by atoms with E-state index in [0.717, 1.165) is 20.5 Å². The molecule has 2 aromatic rings. The lowest BCUT2D eigenvalue weighted by Crippen LogP contribution is -2.21. The van der Waals surface area contributed by atoms with Crippen molar-refractivity contribution in [3.8, 4) is 0 Å². The zero-order chi connectivity index (χ0) is 15.7. The van der Waals surface area contributed by atoms with E-state index in [2.05, 4.69) is 27.7 Å². The Morgan fingerprint density at radius 2 is 1.64 bits per heavy atom. The van der Waals surface area contributed by atoms with Crippen LogP contribution in [0.3, 0.4) is 0 Å². The summed E-state index contributed by atoms with van der Waals surface area (Å²) in [4.78, 5) is 12.6. The number of aryl methyl sites for hydroxylation is 1. The molecule has 4 heteroatoms. The summed E-state index contributed by atoms with van der Waals surface area (Å²) in [5.41, 5.74) is 4.38. The largest absolute Gasteiger partial charge is 0.280 e. The molecule has 1 aliphatic heterocycles. The average molecular weight is 402 g/mol. The van der Waals surface area contributed by atoms with Crippen molar-refractivity contribution in [1.82, 2.24) is 0 Å². The number of benzene rings is 2. The van der Waals surface area contributed by atoms with Crippen LogP contribution in [0.4, 0.5) is 5.69 Å². The highest BCUT2D eigenvalue weighted by Gasteiger charge is 2.28. The van der Waals surface area contributed by atoms with Gasteiger partial charge >= 0.3 is 0 Å². The van der Waals surface area contributed by atoms with Crippen LogP contribution in [0.2, 0.25) is 0 Å². The number of anilines is 1. The summed E-state index contributed by atoms with van der Waals surface area (Å²) >= 11 is 2.24. The summed E-state index contributed by atoms with van der Waals surface area (Å²) in [6.45, 7) is 3.91. The Bertz CT molecular complexity index is 774. The van der Waals surface area contributed by atoms with Gasteiger partial charge in [0, 0.05) is 3.57 Å². The third kappa shape index (κ3) is 2.97. The van der Waals surface area contributed by atoms with E-state index in [1.54, 1.807) is 0 Å². The van der Waals surface area contributed by atoms with Gasteiger partial charge in [0.15, 0.2) is 0 Å². The molecule has 1 amide bonds. The molecule has 22 heavy (non-hydrogen) atoms. The van der Waals surface area contributed by atoms with Gasteiger partial charge in [0.2, 0.25) is 0 Å². The molecule has 0 aromatic heterocycles. The number of amides is 1. The van der Waals surface area contributed by atoms with Crippen LogP contribution in [-0.2, 0) is 4.79 Å². The Balaban J connectivity index is 1.92. The molecule has 0 aliphatic carbocycles. The third-order valence-corrected chi connectivity index (χ3v) is 4.24. The summed E-state index contributed by atoms with van der Waals surface area (Å²) in [6, 6.07) is 15.8. The van der Waals surface area contributed by atoms with E-state index in [1.165, 1.54) is 10.6 Å². The molecule has 0 saturated carbocycles. The maximum Gasteiger partial charge on any atom is 0.280 e. The summed E-state index contributed by atoms with van der Waals surface area (Å²) in [7, 11) is 0. The normalized spacial score (nSPS) is 16.3. The molecule has 1 heterocycles. The van der Waals surface area contributed by atoms with Crippen LogP contribution in [0.1, 0.15) is 18.1 Å². The van der Waals surface area contributed by atoms with Crippen LogP contribution in [0.15, 0.2) is 59.2 Å². The monoisotopic (exact) mass is 402 g/mol. The molecule has 0 saturated heterocycles. The second-order valence-corrected chi connectivity index (χ2v) is 6.49. The van der Waals surface area contributed by atoms with E-state index >= 15 is 0 Å². The molecular formula is C18H15IN2O. The van der Waals surface area contributed by atoms with Gasteiger partial charge in [-0.25, -0.2) is 0 Å². The summed E-state index contributed by atoms with van der Waals surface area (Å²) in [6.07, 6.45) is 1.90. The molecule has 0 radical (unpaired) electrons. The maximum absolute atomic E-state index is 12.6.